The van der Waals surface area contributed by atoms with E-state index in [4.69, 9.17) is 11.6 Å². The molecule has 2 rings (SSSR count). The summed E-state index contributed by atoms with van der Waals surface area (Å²) in [5.41, 5.74) is -1.65. The monoisotopic (exact) mass is 285 g/mol. The van der Waals surface area contributed by atoms with Gasteiger partial charge < -0.3 is 0 Å². The van der Waals surface area contributed by atoms with E-state index in [1.807, 2.05) is 0 Å². The molecule has 6 heteroatoms. The molecule has 0 radical (unpaired) electrons. The number of rotatable bonds is 2. The highest BCUT2D eigenvalue weighted by Gasteiger charge is 2.35. The fourth-order valence-electron chi connectivity index (χ4n) is 1.61. The minimum Gasteiger partial charge on any atom is -0.287 e. The van der Waals surface area contributed by atoms with Crippen LogP contribution in [0.25, 0.3) is 0 Å². The Hall–Kier alpha value is -1.88. The van der Waals surface area contributed by atoms with E-state index in [9.17, 15) is 18.0 Å². The highest BCUT2D eigenvalue weighted by molar-refractivity contribution is 6.34. The second kappa shape index (κ2) is 5.01. The van der Waals surface area contributed by atoms with E-state index in [0.717, 1.165) is 12.1 Å². The molecule has 0 amide bonds. The number of benzene rings is 1. The van der Waals surface area contributed by atoms with Crippen LogP contribution >= 0.6 is 11.6 Å². The molecule has 1 heterocycles. The lowest BCUT2D eigenvalue weighted by Gasteiger charge is -2.11. The number of aromatic nitrogens is 1. The largest absolute Gasteiger partial charge is 0.417 e. The van der Waals surface area contributed by atoms with Crippen molar-refractivity contribution >= 4 is 17.4 Å². The zero-order chi connectivity index (χ0) is 14.0. The van der Waals surface area contributed by atoms with Crippen molar-refractivity contribution in [2.24, 2.45) is 0 Å². The van der Waals surface area contributed by atoms with Crippen molar-refractivity contribution in [3.05, 3.63) is 64.4 Å². The van der Waals surface area contributed by atoms with Gasteiger partial charge in [0, 0.05) is 11.8 Å². The maximum absolute atomic E-state index is 12.8. The number of alkyl halides is 3. The SMILES string of the molecule is O=C(c1ccccc1C(F)(F)F)c1ncccc1Cl. The Bertz CT molecular complexity index is 625. The van der Waals surface area contributed by atoms with Crippen molar-refractivity contribution in [3.63, 3.8) is 0 Å². The van der Waals surface area contributed by atoms with Gasteiger partial charge in [-0.3, -0.25) is 9.78 Å². The van der Waals surface area contributed by atoms with Crippen molar-refractivity contribution < 1.29 is 18.0 Å². The predicted octanol–water partition coefficient (Wildman–Crippen LogP) is 3.98. The summed E-state index contributed by atoms with van der Waals surface area (Å²) >= 11 is 5.77. The third kappa shape index (κ3) is 2.76. The Morgan fingerprint density at radius 3 is 2.42 bits per heavy atom. The number of hydrogen-bond acceptors (Lipinski definition) is 2. The summed E-state index contributed by atoms with van der Waals surface area (Å²) in [7, 11) is 0. The number of halogens is 4. The van der Waals surface area contributed by atoms with E-state index in [-0.39, 0.29) is 10.7 Å². The molecule has 0 aliphatic carbocycles. The summed E-state index contributed by atoms with van der Waals surface area (Å²) in [4.78, 5) is 15.8. The molecule has 0 saturated carbocycles. The van der Waals surface area contributed by atoms with Gasteiger partial charge in [-0.2, -0.15) is 13.2 Å². The standard InChI is InChI=1S/C13H7ClF3NO/c14-10-6-3-7-18-11(10)12(19)8-4-1-2-5-9(8)13(15,16)17/h1-7H. The Morgan fingerprint density at radius 1 is 1.11 bits per heavy atom. The van der Waals surface area contributed by atoms with Gasteiger partial charge in [0.15, 0.2) is 0 Å². The van der Waals surface area contributed by atoms with Crippen LogP contribution in [0.15, 0.2) is 42.6 Å². The maximum atomic E-state index is 12.8. The maximum Gasteiger partial charge on any atom is 0.417 e. The van der Waals surface area contributed by atoms with E-state index >= 15 is 0 Å². The average Bonchev–Trinajstić information content (AvgIpc) is 2.37. The topological polar surface area (TPSA) is 30.0 Å². The molecule has 98 valence electrons. The first kappa shape index (κ1) is 13.5. The molecule has 0 atom stereocenters. The van der Waals surface area contributed by atoms with Crippen LogP contribution in [0.2, 0.25) is 5.02 Å². The number of hydrogen-bond donors (Lipinski definition) is 0. The molecule has 0 fully saturated rings. The van der Waals surface area contributed by atoms with Crippen LogP contribution < -0.4 is 0 Å². The second-order valence-electron chi connectivity index (χ2n) is 3.71. The molecule has 19 heavy (non-hydrogen) atoms. The predicted molar refractivity (Wildman–Crippen MR) is 64.1 cm³/mol. The van der Waals surface area contributed by atoms with Crippen molar-refractivity contribution in [1.29, 1.82) is 0 Å². The third-order valence-corrected chi connectivity index (χ3v) is 2.76. The van der Waals surface area contributed by atoms with Crippen molar-refractivity contribution in [2.45, 2.75) is 6.18 Å². The lowest BCUT2D eigenvalue weighted by molar-refractivity contribution is -0.137. The quantitative estimate of drug-likeness (QED) is 0.781. The summed E-state index contributed by atoms with van der Waals surface area (Å²) in [5, 5.41) is 0.0180. The van der Waals surface area contributed by atoms with Crippen molar-refractivity contribution in [2.75, 3.05) is 0 Å². The van der Waals surface area contributed by atoms with Gasteiger partial charge in [0.1, 0.15) is 5.69 Å². The molecular weight excluding hydrogens is 279 g/mol. The van der Waals surface area contributed by atoms with E-state index in [2.05, 4.69) is 4.98 Å². The van der Waals surface area contributed by atoms with Gasteiger partial charge in [-0.1, -0.05) is 29.8 Å². The molecule has 1 aromatic heterocycles. The zero-order valence-electron chi connectivity index (χ0n) is 9.41. The molecule has 1 aromatic carbocycles. The first-order valence-electron chi connectivity index (χ1n) is 5.22. The van der Waals surface area contributed by atoms with Crippen molar-refractivity contribution in [1.82, 2.24) is 4.98 Å². The summed E-state index contributed by atoms with van der Waals surface area (Å²) in [6.45, 7) is 0. The minimum atomic E-state index is -4.60. The molecule has 0 unspecified atom stereocenters. The normalized spacial score (nSPS) is 11.4. The van der Waals surface area contributed by atoms with Crippen molar-refractivity contribution in [3.8, 4) is 0 Å². The van der Waals surface area contributed by atoms with E-state index in [1.54, 1.807) is 0 Å². The summed E-state index contributed by atoms with van der Waals surface area (Å²) in [6, 6.07) is 7.44. The van der Waals surface area contributed by atoms with Gasteiger partial charge in [-0.05, 0) is 18.2 Å². The Kier molecular flexibility index (Phi) is 3.57. The van der Waals surface area contributed by atoms with Crippen LogP contribution in [-0.4, -0.2) is 10.8 Å². The summed E-state index contributed by atoms with van der Waals surface area (Å²) in [5.74, 6) is -0.849. The van der Waals surface area contributed by atoms with Crippen LogP contribution in [0.3, 0.4) is 0 Å². The third-order valence-electron chi connectivity index (χ3n) is 2.45. The molecule has 2 nitrogen and oxygen atoms in total. The Balaban J connectivity index is 2.55. The van der Waals surface area contributed by atoms with Gasteiger partial charge in [0.25, 0.3) is 0 Å². The van der Waals surface area contributed by atoms with Gasteiger partial charge in [0.05, 0.1) is 10.6 Å². The molecular formula is C13H7ClF3NO. The molecule has 0 aliphatic rings. The van der Waals surface area contributed by atoms with E-state index in [0.29, 0.717) is 0 Å². The number of ketones is 1. The smallest absolute Gasteiger partial charge is 0.287 e. The number of carbonyl (C=O) groups is 1. The first-order chi connectivity index (χ1) is 8.91. The highest BCUT2D eigenvalue weighted by atomic mass is 35.5. The van der Waals surface area contributed by atoms with Crippen LogP contribution in [0.4, 0.5) is 13.2 Å². The molecule has 0 aliphatic heterocycles. The van der Waals surface area contributed by atoms with Crippen LogP contribution in [-0.2, 0) is 6.18 Å². The second-order valence-corrected chi connectivity index (χ2v) is 4.11. The molecule has 0 spiro atoms. The zero-order valence-corrected chi connectivity index (χ0v) is 10.2. The van der Waals surface area contributed by atoms with E-state index in [1.165, 1.54) is 30.5 Å². The summed E-state index contributed by atoms with van der Waals surface area (Å²) < 4.78 is 38.5. The number of carbonyl (C=O) groups excluding carboxylic acids is 1. The molecule has 0 bridgehead atoms. The lowest BCUT2D eigenvalue weighted by Crippen LogP contribution is -2.14. The average molecular weight is 286 g/mol. The molecule has 0 N–H and O–H groups in total. The fraction of sp³-hybridized carbons (Fsp3) is 0.0769. The van der Waals surface area contributed by atoms with Crippen LogP contribution in [0.1, 0.15) is 21.6 Å². The van der Waals surface area contributed by atoms with Crippen LogP contribution in [0, 0.1) is 0 Å². The lowest BCUT2D eigenvalue weighted by atomic mass is 10.0. The number of nitrogens with zero attached hydrogens (tertiary/aromatic N) is 1. The minimum absolute atomic E-state index is 0.0180. The summed E-state index contributed by atoms with van der Waals surface area (Å²) in [6.07, 6.45) is -3.30. The van der Waals surface area contributed by atoms with E-state index < -0.39 is 23.1 Å². The Morgan fingerprint density at radius 2 is 1.79 bits per heavy atom. The van der Waals surface area contributed by atoms with Gasteiger partial charge in [-0.15, -0.1) is 0 Å². The first-order valence-corrected chi connectivity index (χ1v) is 5.60. The number of pyridine rings is 1. The van der Waals surface area contributed by atoms with Gasteiger partial charge in [0.2, 0.25) is 5.78 Å². The fourth-order valence-corrected chi connectivity index (χ4v) is 1.82. The molecule has 0 saturated heterocycles. The molecule has 2 aromatic rings. The Labute approximate surface area is 111 Å². The highest BCUT2D eigenvalue weighted by Crippen LogP contribution is 2.33. The van der Waals surface area contributed by atoms with Gasteiger partial charge in [-0.25, -0.2) is 0 Å². The van der Waals surface area contributed by atoms with Crippen LogP contribution in [0.5, 0.6) is 0 Å². The van der Waals surface area contributed by atoms with Gasteiger partial charge >= 0.3 is 6.18 Å².